The molecule has 7 heteroatoms. The van der Waals surface area contributed by atoms with Gasteiger partial charge in [-0.15, -0.1) is 0 Å². The molecule has 5 nitrogen and oxygen atoms in total. The van der Waals surface area contributed by atoms with Crippen LogP contribution in [0.3, 0.4) is 0 Å². The van der Waals surface area contributed by atoms with Crippen LogP contribution in [0, 0.1) is 12.7 Å². The molecule has 0 saturated carbocycles. The molecule has 0 bridgehead atoms. The Labute approximate surface area is 175 Å². The molecule has 0 amide bonds. The van der Waals surface area contributed by atoms with Crippen LogP contribution >= 0.6 is 0 Å². The molecular formula is C16H14FKN2O3. The molecule has 1 N–H and O–H groups in total. The molecule has 0 saturated heterocycles. The van der Waals surface area contributed by atoms with Crippen LogP contribution in [0.1, 0.15) is 40.3 Å². The van der Waals surface area contributed by atoms with Crippen LogP contribution < -0.4 is 61.9 Å². The minimum absolute atomic E-state index is 0. The zero-order valence-electron chi connectivity index (χ0n) is 13.0. The largest absolute Gasteiger partial charge is 1.00 e. The summed E-state index contributed by atoms with van der Waals surface area (Å²) in [6.07, 6.45) is 2.23. The number of carboxylic acids is 1. The predicted molar refractivity (Wildman–Crippen MR) is 77.3 cm³/mol. The van der Waals surface area contributed by atoms with Gasteiger partial charge < -0.3 is 14.3 Å². The first-order valence-electron chi connectivity index (χ1n) is 6.98. The summed E-state index contributed by atoms with van der Waals surface area (Å²) < 4.78 is 18.2. The molecule has 0 radical (unpaired) electrons. The molecule has 3 rings (SSSR count). The fourth-order valence-electron chi connectivity index (χ4n) is 2.63. The van der Waals surface area contributed by atoms with Gasteiger partial charge in [0.25, 0.3) is 0 Å². The van der Waals surface area contributed by atoms with Gasteiger partial charge in [-0.25, -0.2) is 4.39 Å². The number of nitrogens with zero attached hydrogens (tertiary/aromatic N) is 1. The summed E-state index contributed by atoms with van der Waals surface area (Å²) >= 11 is 0. The van der Waals surface area contributed by atoms with E-state index in [1.807, 2.05) is 0 Å². The minimum atomic E-state index is -1.32. The van der Waals surface area contributed by atoms with Gasteiger partial charge in [0.05, 0.1) is 11.4 Å². The van der Waals surface area contributed by atoms with Crippen molar-refractivity contribution in [3.8, 4) is 0 Å². The Bertz CT molecular complexity index is 753. The average Bonchev–Trinajstić information content (AvgIpc) is 2.85. The number of carbonyl (C=O) groups excluding carboxylic acids is 1. The number of aromatic carboxylic acids is 1. The number of carbonyl (C=O) groups is 1. The molecular weight excluding hydrogens is 326 g/mol. The van der Waals surface area contributed by atoms with Crippen LogP contribution in [0.25, 0.3) is 0 Å². The maximum absolute atomic E-state index is 12.9. The maximum atomic E-state index is 12.9. The van der Waals surface area contributed by atoms with Crippen molar-refractivity contribution < 1.29 is 70.1 Å². The van der Waals surface area contributed by atoms with Crippen molar-refractivity contribution in [2.75, 3.05) is 5.43 Å². The van der Waals surface area contributed by atoms with Crippen LogP contribution in [0.15, 0.2) is 33.8 Å². The van der Waals surface area contributed by atoms with Gasteiger partial charge in [-0.05, 0) is 44.0 Å². The van der Waals surface area contributed by atoms with Crippen molar-refractivity contribution in [3.05, 3.63) is 52.7 Å². The van der Waals surface area contributed by atoms with Crippen molar-refractivity contribution in [1.29, 1.82) is 0 Å². The Morgan fingerprint density at radius 2 is 2.00 bits per heavy atom. The summed E-state index contributed by atoms with van der Waals surface area (Å²) in [5, 5.41) is 15.4. The van der Waals surface area contributed by atoms with E-state index in [0.29, 0.717) is 29.9 Å². The van der Waals surface area contributed by atoms with Gasteiger partial charge >= 0.3 is 51.4 Å². The molecule has 114 valence electrons. The van der Waals surface area contributed by atoms with Crippen molar-refractivity contribution in [1.82, 2.24) is 0 Å². The maximum Gasteiger partial charge on any atom is 1.00 e. The number of hydrogen-bond donors (Lipinski definition) is 1. The van der Waals surface area contributed by atoms with Crippen LogP contribution in [0.4, 0.5) is 10.1 Å². The number of carboxylic acid groups (broad SMARTS) is 1. The number of furan rings is 1. The van der Waals surface area contributed by atoms with Gasteiger partial charge in [-0.2, -0.15) is 5.10 Å². The molecule has 1 aliphatic rings. The number of hydrogen-bond acceptors (Lipinski definition) is 5. The molecule has 0 aliphatic heterocycles. The first kappa shape index (κ1) is 18.3. The van der Waals surface area contributed by atoms with Crippen LogP contribution in [-0.4, -0.2) is 11.7 Å². The topological polar surface area (TPSA) is 77.7 Å². The van der Waals surface area contributed by atoms with Crippen molar-refractivity contribution in [2.45, 2.75) is 26.2 Å². The third-order valence-electron chi connectivity index (χ3n) is 3.68. The van der Waals surface area contributed by atoms with Gasteiger partial charge in [0, 0.05) is 17.5 Å². The monoisotopic (exact) mass is 340 g/mol. The number of rotatable bonds is 3. The van der Waals surface area contributed by atoms with E-state index >= 15 is 0 Å². The smallest absolute Gasteiger partial charge is 0.542 e. The van der Waals surface area contributed by atoms with Crippen LogP contribution in [0.2, 0.25) is 0 Å². The summed E-state index contributed by atoms with van der Waals surface area (Å²) in [4.78, 5) is 11.1. The fourth-order valence-corrected chi connectivity index (χ4v) is 2.63. The second kappa shape index (κ2) is 7.72. The summed E-state index contributed by atoms with van der Waals surface area (Å²) in [6.45, 7) is 1.69. The molecule has 1 heterocycles. The number of halogens is 1. The number of fused-ring (bicyclic) bond motifs is 1. The van der Waals surface area contributed by atoms with E-state index in [9.17, 15) is 14.3 Å². The Kier molecular flexibility index (Phi) is 6.16. The van der Waals surface area contributed by atoms with Crippen LogP contribution in [0.5, 0.6) is 0 Å². The number of aryl methyl sites for hydroxylation is 1. The summed E-state index contributed by atoms with van der Waals surface area (Å²) in [6, 6.07) is 5.84. The zero-order valence-corrected chi connectivity index (χ0v) is 16.1. The van der Waals surface area contributed by atoms with Gasteiger partial charge in [0.1, 0.15) is 17.5 Å². The number of anilines is 1. The van der Waals surface area contributed by atoms with E-state index in [1.54, 1.807) is 19.1 Å². The SMILES string of the molecule is Cc1c(C(=O)[O-])oc2c1/C(=N/Nc1ccc(F)cc1)CCC2.[K+]. The van der Waals surface area contributed by atoms with Gasteiger partial charge in [-0.3, -0.25) is 5.43 Å². The zero-order chi connectivity index (χ0) is 15.7. The first-order valence-corrected chi connectivity index (χ1v) is 6.98. The van der Waals surface area contributed by atoms with E-state index in [4.69, 9.17) is 4.42 Å². The Morgan fingerprint density at radius 1 is 1.30 bits per heavy atom. The summed E-state index contributed by atoms with van der Waals surface area (Å²) in [7, 11) is 0. The number of benzene rings is 1. The Balaban J connectivity index is 0.00000192. The Hall–Kier alpha value is -0.994. The quantitative estimate of drug-likeness (QED) is 0.589. The fraction of sp³-hybridized carbons (Fsp3) is 0.250. The molecule has 23 heavy (non-hydrogen) atoms. The number of hydrazone groups is 1. The molecule has 1 aliphatic carbocycles. The second-order valence-corrected chi connectivity index (χ2v) is 5.17. The molecule has 1 aromatic heterocycles. The third-order valence-corrected chi connectivity index (χ3v) is 3.68. The van der Waals surface area contributed by atoms with Crippen molar-refractivity contribution >= 4 is 17.4 Å². The first-order chi connectivity index (χ1) is 10.6. The third kappa shape index (κ3) is 3.92. The average molecular weight is 340 g/mol. The van der Waals surface area contributed by atoms with Crippen molar-refractivity contribution in [3.63, 3.8) is 0 Å². The summed E-state index contributed by atoms with van der Waals surface area (Å²) in [5.41, 5.74) is 5.53. The van der Waals surface area contributed by atoms with E-state index in [-0.39, 0.29) is 63.0 Å². The molecule has 0 atom stereocenters. The van der Waals surface area contributed by atoms with Crippen LogP contribution in [-0.2, 0) is 6.42 Å². The predicted octanol–water partition coefficient (Wildman–Crippen LogP) is -0.753. The second-order valence-electron chi connectivity index (χ2n) is 5.17. The van der Waals surface area contributed by atoms with E-state index < -0.39 is 5.97 Å². The number of nitrogens with one attached hydrogen (secondary N) is 1. The van der Waals surface area contributed by atoms with Crippen molar-refractivity contribution in [2.24, 2.45) is 5.10 Å². The minimum Gasteiger partial charge on any atom is -0.542 e. The van der Waals surface area contributed by atoms with Gasteiger partial charge in [-0.1, -0.05) is 0 Å². The Morgan fingerprint density at radius 3 is 2.65 bits per heavy atom. The van der Waals surface area contributed by atoms with Gasteiger partial charge in [0.15, 0.2) is 5.76 Å². The van der Waals surface area contributed by atoms with Gasteiger partial charge in [0.2, 0.25) is 0 Å². The molecule has 0 unspecified atom stereocenters. The standard InChI is InChI=1S/C16H15FN2O3.K/c1-9-14-12(19-18-11-7-5-10(17)6-8-11)3-2-4-13(14)22-15(9)16(20)21;/h5-8,18H,2-4H2,1H3,(H,20,21);/q;+1/p-1/b19-12+;. The molecule has 0 fully saturated rings. The van der Waals surface area contributed by atoms with E-state index in [1.165, 1.54) is 12.1 Å². The normalized spacial score (nSPS) is 15.0. The molecule has 1 aromatic carbocycles. The van der Waals surface area contributed by atoms with E-state index in [2.05, 4.69) is 10.5 Å². The molecule has 0 spiro atoms. The van der Waals surface area contributed by atoms with E-state index in [0.717, 1.165) is 17.7 Å². The molecule has 2 aromatic rings. The summed E-state index contributed by atoms with van der Waals surface area (Å²) in [5.74, 6) is -1.15.